The van der Waals surface area contributed by atoms with E-state index in [1.165, 1.54) is 5.56 Å². The Morgan fingerprint density at radius 2 is 1.72 bits per heavy atom. The average molecular weight is 264 g/mol. The van der Waals surface area contributed by atoms with Crippen LogP contribution < -0.4 is 0 Å². The molecule has 0 bridgehead atoms. The van der Waals surface area contributed by atoms with Crippen molar-refractivity contribution in [2.24, 2.45) is 0 Å². The van der Waals surface area contributed by atoms with Gasteiger partial charge in [0.2, 0.25) is 0 Å². The lowest BCUT2D eigenvalue weighted by molar-refractivity contribution is 0.0243. The number of hydrogen-bond donors (Lipinski definition) is 1. The molecule has 0 amide bonds. The van der Waals surface area contributed by atoms with Crippen LogP contribution >= 0.6 is 0 Å². The van der Waals surface area contributed by atoms with Crippen LogP contribution in [0.15, 0.2) is 30.3 Å². The second-order valence-corrected chi connectivity index (χ2v) is 8.18. The number of benzene rings is 1. The SMILES string of the molecule is C[SiH](C)OC(O)C=Cc1ccc(C(C)(C)C)cc1. The maximum atomic E-state index is 9.59. The number of rotatable bonds is 4. The molecule has 0 saturated heterocycles. The van der Waals surface area contributed by atoms with E-state index in [4.69, 9.17) is 4.43 Å². The smallest absolute Gasteiger partial charge is 0.174 e. The maximum absolute atomic E-state index is 9.59. The fourth-order valence-electron chi connectivity index (χ4n) is 1.61. The Labute approximate surface area is 112 Å². The molecule has 0 spiro atoms. The first kappa shape index (κ1) is 15.2. The lowest BCUT2D eigenvalue weighted by atomic mass is 9.87. The van der Waals surface area contributed by atoms with Gasteiger partial charge in [-0.25, -0.2) is 0 Å². The van der Waals surface area contributed by atoms with E-state index >= 15 is 0 Å². The first-order chi connectivity index (χ1) is 8.29. The molecule has 0 aromatic heterocycles. The van der Waals surface area contributed by atoms with Crippen LogP contribution in [-0.2, 0) is 9.84 Å². The van der Waals surface area contributed by atoms with E-state index in [-0.39, 0.29) is 5.41 Å². The van der Waals surface area contributed by atoms with Gasteiger partial charge in [-0.2, -0.15) is 0 Å². The summed E-state index contributed by atoms with van der Waals surface area (Å²) in [5.74, 6) is 0. The summed E-state index contributed by atoms with van der Waals surface area (Å²) in [6, 6.07) is 8.39. The minimum atomic E-state index is -1.19. The van der Waals surface area contributed by atoms with E-state index < -0.39 is 15.3 Å². The van der Waals surface area contributed by atoms with Gasteiger partial charge in [-0.15, -0.1) is 0 Å². The summed E-state index contributed by atoms with van der Waals surface area (Å²) < 4.78 is 5.36. The van der Waals surface area contributed by atoms with Gasteiger partial charge in [-0.05, 0) is 35.7 Å². The lowest BCUT2D eigenvalue weighted by Crippen LogP contribution is -2.17. The Kier molecular flexibility index (Phi) is 5.32. The van der Waals surface area contributed by atoms with Gasteiger partial charge in [0.05, 0.1) is 0 Å². The van der Waals surface area contributed by atoms with Gasteiger partial charge in [0.15, 0.2) is 15.3 Å². The van der Waals surface area contributed by atoms with Crippen LogP contribution in [0.4, 0.5) is 0 Å². The van der Waals surface area contributed by atoms with E-state index in [0.717, 1.165) is 5.56 Å². The summed E-state index contributed by atoms with van der Waals surface area (Å²) in [5.41, 5.74) is 2.57. The highest BCUT2D eigenvalue weighted by Gasteiger charge is 2.12. The molecule has 1 aromatic rings. The molecule has 0 radical (unpaired) electrons. The average Bonchev–Trinajstić information content (AvgIpc) is 2.25. The third kappa shape index (κ3) is 5.17. The van der Waals surface area contributed by atoms with Gasteiger partial charge < -0.3 is 9.53 Å². The van der Waals surface area contributed by atoms with Gasteiger partial charge in [-0.3, -0.25) is 0 Å². The number of aliphatic hydroxyl groups is 1. The van der Waals surface area contributed by atoms with Crippen molar-refractivity contribution < 1.29 is 9.53 Å². The van der Waals surface area contributed by atoms with Crippen molar-refractivity contribution in [2.45, 2.75) is 45.6 Å². The largest absolute Gasteiger partial charge is 0.393 e. The van der Waals surface area contributed by atoms with Crippen LogP contribution in [0.3, 0.4) is 0 Å². The van der Waals surface area contributed by atoms with Crippen LogP contribution in [0.5, 0.6) is 0 Å². The third-order valence-electron chi connectivity index (χ3n) is 2.64. The second kappa shape index (κ2) is 6.32. The molecule has 0 aliphatic carbocycles. The normalized spacial score (nSPS) is 14.4. The molecule has 18 heavy (non-hydrogen) atoms. The molecular formula is C15H24O2Si. The molecule has 0 fully saturated rings. The molecular weight excluding hydrogens is 240 g/mol. The predicted octanol–water partition coefficient (Wildman–Crippen LogP) is 3.32. The summed E-state index contributed by atoms with van der Waals surface area (Å²) in [6.45, 7) is 10.7. The van der Waals surface area contributed by atoms with Crippen LogP contribution in [-0.4, -0.2) is 20.4 Å². The van der Waals surface area contributed by atoms with Crippen molar-refractivity contribution in [1.82, 2.24) is 0 Å². The first-order valence-corrected chi connectivity index (χ1v) is 9.19. The summed E-state index contributed by atoms with van der Waals surface area (Å²) in [4.78, 5) is 0. The van der Waals surface area contributed by atoms with Crippen molar-refractivity contribution >= 4 is 15.1 Å². The zero-order valence-corrected chi connectivity index (χ0v) is 13.1. The highest BCUT2D eigenvalue weighted by molar-refractivity contribution is 6.48. The van der Waals surface area contributed by atoms with Gasteiger partial charge in [-0.1, -0.05) is 51.1 Å². The molecule has 1 rings (SSSR count). The molecule has 100 valence electrons. The Morgan fingerprint density at radius 3 is 2.17 bits per heavy atom. The zero-order valence-electron chi connectivity index (χ0n) is 12.0. The maximum Gasteiger partial charge on any atom is 0.174 e. The second-order valence-electron chi connectivity index (χ2n) is 5.81. The molecule has 0 aliphatic rings. The van der Waals surface area contributed by atoms with Crippen LogP contribution in [0.2, 0.25) is 13.1 Å². The predicted molar refractivity (Wildman–Crippen MR) is 80.1 cm³/mol. The van der Waals surface area contributed by atoms with Crippen molar-refractivity contribution in [3.05, 3.63) is 41.5 Å². The van der Waals surface area contributed by atoms with Crippen LogP contribution in [0.25, 0.3) is 6.08 Å². The monoisotopic (exact) mass is 264 g/mol. The van der Waals surface area contributed by atoms with Crippen molar-refractivity contribution in [3.63, 3.8) is 0 Å². The zero-order chi connectivity index (χ0) is 13.8. The molecule has 0 saturated carbocycles. The van der Waals surface area contributed by atoms with Crippen molar-refractivity contribution in [2.75, 3.05) is 0 Å². The quantitative estimate of drug-likeness (QED) is 0.668. The first-order valence-electron chi connectivity index (χ1n) is 6.41. The van der Waals surface area contributed by atoms with Gasteiger partial charge >= 0.3 is 0 Å². The van der Waals surface area contributed by atoms with Crippen molar-refractivity contribution in [3.8, 4) is 0 Å². The number of hydrogen-bond acceptors (Lipinski definition) is 2. The molecule has 1 atom stereocenters. The van der Waals surface area contributed by atoms with Crippen LogP contribution in [0, 0.1) is 0 Å². The highest BCUT2D eigenvalue weighted by atomic mass is 28.3. The summed E-state index contributed by atoms with van der Waals surface area (Å²) in [6.07, 6.45) is 2.81. The Balaban J connectivity index is 2.67. The molecule has 1 unspecified atom stereocenters. The molecule has 0 heterocycles. The fraction of sp³-hybridized carbons (Fsp3) is 0.467. The summed E-state index contributed by atoms with van der Waals surface area (Å²) in [7, 11) is -1.19. The highest BCUT2D eigenvalue weighted by Crippen LogP contribution is 2.22. The van der Waals surface area contributed by atoms with Gasteiger partial charge in [0, 0.05) is 0 Å². The minimum Gasteiger partial charge on any atom is -0.393 e. The number of aliphatic hydroxyl groups excluding tert-OH is 1. The molecule has 3 heteroatoms. The lowest BCUT2D eigenvalue weighted by Gasteiger charge is -2.18. The molecule has 0 aliphatic heterocycles. The van der Waals surface area contributed by atoms with E-state index in [1.807, 2.05) is 19.2 Å². The Bertz CT molecular complexity index is 388. The minimum absolute atomic E-state index is 0.175. The molecule has 1 N–H and O–H groups in total. The van der Waals surface area contributed by atoms with E-state index in [2.05, 4.69) is 45.0 Å². The van der Waals surface area contributed by atoms with E-state index in [9.17, 15) is 5.11 Å². The Hall–Kier alpha value is -0.903. The summed E-state index contributed by atoms with van der Waals surface area (Å²) in [5, 5.41) is 9.59. The molecule has 1 aromatic carbocycles. The third-order valence-corrected chi connectivity index (χ3v) is 3.46. The summed E-state index contributed by atoms with van der Waals surface area (Å²) >= 11 is 0. The van der Waals surface area contributed by atoms with Crippen molar-refractivity contribution in [1.29, 1.82) is 0 Å². The molecule has 2 nitrogen and oxygen atoms in total. The van der Waals surface area contributed by atoms with Crippen LogP contribution in [0.1, 0.15) is 31.9 Å². The van der Waals surface area contributed by atoms with E-state index in [1.54, 1.807) is 6.08 Å². The standard InChI is InChI=1S/C15H24O2Si/c1-15(2,3)13-9-6-12(7-10-13)8-11-14(16)17-18(4)5/h6-11,14,16,18H,1-5H3. The van der Waals surface area contributed by atoms with Gasteiger partial charge in [0.25, 0.3) is 0 Å². The fourth-order valence-corrected chi connectivity index (χ4v) is 2.26. The van der Waals surface area contributed by atoms with E-state index in [0.29, 0.717) is 0 Å². The topological polar surface area (TPSA) is 29.5 Å². The Morgan fingerprint density at radius 1 is 1.17 bits per heavy atom. The van der Waals surface area contributed by atoms with Gasteiger partial charge in [0.1, 0.15) is 0 Å².